The maximum absolute atomic E-state index is 14.0. The topological polar surface area (TPSA) is 331 Å². The molecule has 2 aromatic rings. The van der Waals surface area contributed by atoms with Gasteiger partial charge in [0.15, 0.2) is 40.0 Å². The summed E-state index contributed by atoms with van der Waals surface area (Å²) in [6.45, 7) is 0.642. The minimum atomic E-state index is -2.03. The molecular weight excluding hydrogens is 867 g/mol. The first-order valence-corrected chi connectivity index (χ1v) is 22.2. The highest BCUT2D eigenvalue weighted by molar-refractivity contribution is 6.52. The fourth-order valence-electron chi connectivity index (χ4n) is 7.82. The molecule has 64 heavy (non-hydrogen) atoms. The number of amides is 4. The van der Waals surface area contributed by atoms with E-state index in [1.165, 1.54) is 9.80 Å². The van der Waals surface area contributed by atoms with E-state index in [-0.39, 0.29) is 89.5 Å². The lowest BCUT2D eigenvalue weighted by Crippen LogP contribution is -2.56. The lowest BCUT2D eigenvalue weighted by atomic mass is 9.95. The standard InChI is InChI=1S/C43H60Cl2N12O7/c44-33(35(58)29(15-7-19-52-42(48)49)54-38(61)31-17-9-21-56(31)40(63)27(46)23-25-11-3-1-4-12-25)37(60)34(45)36(59)30(16-8-20-53-43(50)51)55-39(62)32-18-10-22-57(32)41(64)28(47)24-26-13-5-2-6-14-26/h1-6,11-14,27-34H,7-10,15-24,46-47H2,(H,54,61)(H,55,62)(H4,48,49,52)(H4,50,51,53)/t27?,28?,29?,30?,31-,32-,33?,34?/m0/s1. The van der Waals surface area contributed by atoms with Gasteiger partial charge >= 0.3 is 0 Å². The molecule has 14 N–H and O–H groups in total. The minimum Gasteiger partial charge on any atom is -0.370 e. The molecule has 0 bridgehead atoms. The summed E-state index contributed by atoms with van der Waals surface area (Å²) in [5.74, 6) is -5.76. The average molecular weight is 928 g/mol. The van der Waals surface area contributed by atoms with Gasteiger partial charge in [-0.25, -0.2) is 0 Å². The van der Waals surface area contributed by atoms with Crippen LogP contribution in [0.1, 0.15) is 62.5 Å². The third-order valence-electron chi connectivity index (χ3n) is 11.1. The summed E-state index contributed by atoms with van der Waals surface area (Å²) in [6, 6.07) is 11.8. The molecule has 2 aliphatic rings. The molecule has 6 unspecified atom stereocenters. The third-order valence-corrected chi connectivity index (χ3v) is 12.0. The monoisotopic (exact) mass is 926 g/mol. The van der Waals surface area contributed by atoms with Crippen molar-refractivity contribution in [3.05, 3.63) is 71.8 Å². The van der Waals surface area contributed by atoms with Crippen LogP contribution < -0.4 is 45.0 Å². The zero-order valence-corrected chi connectivity index (χ0v) is 37.2. The number of rotatable bonds is 24. The number of benzene rings is 2. The molecule has 19 nitrogen and oxygen atoms in total. The van der Waals surface area contributed by atoms with Crippen molar-refractivity contribution >= 4 is 76.1 Å². The van der Waals surface area contributed by atoms with E-state index in [1.54, 1.807) is 0 Å². The Morgan fingerprint density at radius 1 is 0.594 bits per heavy atom. The van der Waals surface area contributed by atoms with Crippen molar-refractivity contribution in [3.8, 4) is 0 Å². The van der Waals surface area contributed by atoms with Crippen LogP contribution in [-0.2, 0) is 46.4 Å². The summed E-state index contributed by atoms with van der Waals surface area (Å²) in [7, 11) is 0. The maximum atomic E-state index is 14.0. The van der Waals surface area contributed by atoms with Crippen molar-refractivity contribution in [1.82, 2.24) is 20.4 Å². The summed E-state index contributed by atoms with van der Waals surface area (Å²) < 4.78 is 0. The fraction of sp³-hybridized carbons (Fsp3) is 0.512. The first-order valence-electron chi connectivity index (χ1n) is 21.3. The molecule has 0 aromatic heterocycles. The van der Waals surface area contributed by atoms with Crippen molar-refractivity contribution in [2.75, 3.05) is 26.2 Å². The van der Waals surface area contributed by atoms with Gasteiger partial charge in [0.2, 0.25) is 23.6 Å². The largest absolute Gasteiger partial charge is 0.370 e. The number of aliphatic imine (C=N–C) groups is 2. The van der Waals surface area contributed by atoms with E-state index in [9.17, 15) is 33.6 Å². The highest BCUT2D eigenvalue weighted by Crippen LogP contribution is 2.23. The molecule has 8 atom stereocenters. The Morgan fingerprint density at radius 2 is 0.953 bits per heavy atom. The van der Waals surface area contributed by atoms with Crippen LogP contribution in [0.15, 0.2) is 70.6 Å². The van der Waals surface area contributed by atoms with Crippen LogP contribution in [0.2, 0.25) is 0 Å². The number of hydrogen-bond donors (Lipinski definition) is 8. The molecule has 0 saturated carbocycles. The van der Waals surface area contributed by atoms with E-state index in [1.807, 2.05) is 60.7 Å². The molecule has 2 aromatic carbocycles. The number of nitrogens with one attached hydrogen (secondary N) is 2. The quantitative estimate of drug-likeness (QED) is 0.0209. The summed E-state index contributed by atoms with van der Waals surface area (Å²) in [4.78, 5) is 107. The van der Waals surface area contributed by atoms with E-state index >= 15 is 0 Å². The highest BCUT2D eigenvalue weighted by Gasteiger charge is 2.43. The SMILES string of the molecule is NC(N)=NCCCC(NC(=O)[C@@H]1CCCN1C(=O)C(N)Cc1ccccc1)C(=O)C(Cl)C(=O)C(Cl)C(=O)C(CCCN=C(N)N)NC(=O)[C@@H]1CCCN1C(=O)C(N)Cc1ccccc1. The van der Waals surface area contributed by atoms with Gasteiger partial charge in [0, 0.05) is 26.2 Å². The number of nitrogens with zero attached hydrogens (tertiary/aromatic N) is 4. The highest BCUT2D eigenvalue weighted by atomic mass is 35.5. The summed E-state index contributed by atoms with van der Waals surface area (Å²) in [5, 5.41) is 1.24. The Bertz CT molecular complexity index is 1860. The van der Waals surface area contributed by atoms with E-state index in [0.717, 1.165) is 11.1 Å². The van der Waals surface area contributed by atoms with E-state index in [2.05, 4.69) is 20.6 Å². The summed E-state index contributed by atoms with van der Waals surface area (Å²) >= 11 is 13.0. The van der Waals surface area contributed by atoms with Crippen LogP contribution in [0.25, 0.3) is 0 Å². The number of likely N-dealkylation sites (tertiary alicyclic amines) is 2. The lowest BCUT2D eigenvalue weighted by molar-refractivity contribution is -0.140. The average Bonchev–Trinajstić information content (AvgIpc) is 3.98. The normalized spacial score (nSPS) is 18.7. The summed E-state index contributed by atoms with van der Waals surface area (Å²) in [6.07, 6.45) is 2.22. The van der Waals surface area contributed by atoms with Gasteiger partial charge in [-0.15, -0.1) is 23.2 Å². The molecule has 348 valence electrons. The van der Waals surface area contributed by atoms with Gasteiger partial charge in [0.05, 0.1) is 24.2 Å². The van der Waals surface area contributed by atoms with Crippen LogP contribution in [0, 0.1) is 0 Å². The molecule has 0 aliphatic carbocycles. The van der Waals surface area contributed by atoms with Gasteiger partial charge in [0.1, 0.15) is 12.1 Å². The van der Waals surface area contributed by atoms with Crippen LogP contribution >= 0.6 is 23.2 Å². The molecule has 4 amide bonds. The number of guanidine groups is 2. The van der Waals surface area contributed by atoms with Crippen molar-refractivity contribution in [3.63, 3.8) is 0 Å². The maximum Gasteiger partial charge on any atom is 0.243 e. The number of ketones is 3. The minimum absolute atomic E-state index is 0.0616. The number of carbonyl (C=O) groups is 7. The van der Waals surface area contributed by atoms with Crippen LogP contribution in [0.3, 0.4) is 0 Å². The lowest BCUT2D eigenvalue weighted by Gasteiger charge is -2.29. The smallest absolute Gasteiger partial charge is 0.243 e. The van der Waals surface area contributed by atoms with E-state index in [4.69, 9.17) is 57.6 Å². The second-order valence-corrected chi connectivity index (χ2v) is 16.8. The van der Waals surface area contributed by atoms with Crippen molar-refractivity contribution in [1.29, 1.82) is 0 Å². The van der Waals surface area contributed by atoms with Gasteiger partial charge in [-0.1, -0.05) is 60.7 Å². The predicted octanol–water partition coefficient (Wildman–Crippen LogP) is -0.893. The van der Waals surface area contributed by atoms with E-state index in [0.29, 0.717) is 12.8 Å². The molecule has 2 saturated heterocycles. The Hall–Kier alpha value is -5.63. The second-order valence-electron chi connectivity index (χ2n) is 15.9. The van der Waals surface area contributed by atoms with Crippen molar-refractivity contribution in [2.24, 2.45) is 44.4 Å². The summed E-state index contributed by atoms with van der Waals surface area (Å²) in [5.41, 5.74) is 36.1. The molecule has 21 heteroatoms. The second kappa shape index (κ2) is 25.0. The third kappa shape index (κ3) is 14.7. The fourth-order valence-corrected chi connectivity index (χ4v) is 8.44. The Morgan fingerprint density at radius 3 is 1.30 bits per heavy atom. The molecule has 2 fully saturated rings. The Labute approximate surface area is 382 Å². The van der Waals surface area contributed by atoms with Gasteiger partial charge in [0.25, 0.3) is 0 Å². The van der Waals surface area contributed by atoms with Crippen molar-refractivity contribution < 1.29 is 33.6 Å². The van der Waals surface area contributed by atoms with Gasteiger partial charge < -0.3 is 54.8 Å². The predicted molar refractivity (Wildman–Crippen MR) is 244 cm³/mol. The molecule has 2 aliphatic heterocycles. The number of carbonyl (C=O) groups excluding carboxylic acids is 7. The molecule has 4 rings (SSSR count). The van der Waals surface area contributed by atoms with Crippen LogP contribution in [0.4, 0.5) is 0 Å². The number of nitrogens with two attached hydrogens (primary N) is 6. The molecule has 0 radical (unpaired) electrons. The number of alkyl halides is 2. The zero-order valence-electron chi connectivity index (χ0n) is 35.7. The van der Waals surface area contributed by atoms with Crippen LogP contribution in [-0.4, -0.2) is 136 Å². The van der Waals surface area contributed by atoms with E-state index < -0.39 is 88.0 Å². The number of Topliss-reactive ketones (excluding diaryl/α,β-unsaturated/α-hetero) is 3. The molecule has 2 heterocycles. The number of halogens is 2. The van der Waals surface area contributed by atoms with Crippen molar-refractivity contribution in [2.45, 2.75) is 111 Å². The number of hydrogen-bond acceptors (Lipinski definition) is 11. The zero-order chi connectivity index (χ0) is 46.9. The first kappa shape index (κ1) is 51.0. The van der Waals surface area contributed by atoms with Gasteiger partial charge in [-0.05, 0) is 75.3 Å². The van der Waals surface area contributed by atoms with Gasteiger partial charge in [-0.3, -0.25) is 43.5 Å². The Kier molecular flexibility index (Phi) is 19.9. The van der Waals surface area contributed by atoms with Crippen LogP contribution in [0.5, 0.6) is 0 Å². The van der Waals surface area contributed by atoms with Gasteiger partial charge in [-0.2, -0.15) is 0 Å². The Balaban J connectivity index is 1.47. The molecular formula is C43H60Cl2N12O7. The first-order chi connectivity index (χ1) is 30.5. The molecule has 0 spiro atoms.